The summed E-state index contributed by atoms with van der Waals surface area (Å²) in [5.74, 6) is 0.590. The Morgan fingerprint density at radius 3 is 3.05 bits per heavy atom. The van der Waals surface area contributed by atoms with Crippen LogP contribution in [0.15, 0.2) is 36.0 Å². The molecule has 0 bridgehead atoms. The number of aromatic nitrogens is 2. The molecular formula is C14H13ClN2O2S. The van der Waals surface area contributed by atoms with E-state index in [9.17, 15) is 5.11 Å². The van der Waals surface area contributed by atoms with Crippen molar-refractivity contribution in [1.29, 1.82) is 0 Å². The highest BCUT2D eigenvalue weighted by molar-refractivity contribution is 7.15. The van der Waals surface area contributed by atoms with Crippen LogP contribution in [-0.4, -0.2) is 14.5 Å². The van der Waals surface area contributed by atoms with Crippen molar-refractivity contribution in [2.24, 2.45) is 0 Å². The lowest BCUT2D eigenvalue weighted by Crippen LogP contribution is -1.97. The highest BCUT2D eigenvalue weighted by atomic mass is 35.5. The molecule has 0 saturated carbocycles. The molecule has 1 N–H and O–H groups in total. The Morgan fingerprint density at radius 1 is 1.50 bits per heavy atom. The van der Waals surface area contributed by atoms with Crippen LogP contribution in [0.5, 0.6) is 5.75 Å². The average molecular weight is 309 g/mol. The van der Waals surface area contributed by atoms with Gasteiger partial charge in [-0.2, -0.15) is 0 Å². The summed E-state index contributed by atoms with van der Waals surface area (Å²) >= 11 is 7.72. The zero-order valence-electron chi connectivity index (χ0n) is 10.8. The Hall–Kier alpha value is -1.56. The van der Waals surface area contributed by atoms with Gasteiger partial charge in [-0.1, -0.05) is 17.7 Å². The number of aliphatic hydroxyl groups is 1. The summed E-state index contributed by atoms with van der Waals surface area (Å²) in [4.78, 5) is 5.38. The molecule has 2 heterocycles. The molecule has 3 aromatic rings. The minimum atomic E-state index is -0.540. The van der Waals surface area contributed by atoms with Gasteiger partial charge in [-0.15, -0.1) is 11.3 Å². The number of fused-ring (bicyclic) bond motifs is 1. The smallest absolute Gasteiger partial charge is 0.193 e. The van der Waals surface area contributed by atoms with Gasteiger partial charge in [0.2, 0.25) is 0 Å². The molecule has 0 aliphatic rings. The Labute approximate surface area is 125 Å². The lowest BCUT2D eigenvalue weighted by molar-refractivity contribution is 0.199. The molecule has 3 rings (SSSR count). The molecule has 0 saturated heterocycles. The summed E-state index contributed by atoms with van der Waals surface area (Å²) in [6.07, 6.45) is 3.35. The molecule has 0 fully saturated rings. The van der Waals surface area contributed by atoms with Gasteiger partial charge in [0.1, 0.15) is 12.4 Å². The predicted octanol–water partition coefficient (Wildman–Crippen LogP) is 3.68. The second kappa shape index (κ2) is 5.44. The maximum atomic E-state index is 9.49. The van der Waals surface area contributed by atoms with E-state index in [4.69, 9.17) is 16.3 Å². The Morgan fingerprint density at radius 2 is 2.35 bits per heavy atom. The van der Waals surface area contributed by atoms with Crippen LogP contribution in [0.1, 0.15) is 24.3 Å². The number of benzene rings is 1. The van der Waals surface area contributed by atoms with E-state index in [0.717, 1.165) is 16.2 Å². The zero-order valence-corrected chi connectivity index (χ0v) is 12.4. The number of nitrogens with zero attached hydrogens (tertiary/aromatic N) is 2. The number of thiazole rings is 1. The third kappa shape index (κ3) is 2.65. The lowest BCUT2D eigenvalue weighted by Gasteiger charge is -2.09. The minimum Gasteiger partial charge on any atom is -0.486 e. The summed E-state index contributed by atoms with van der Waals surface area (Å²) in [6, 6.07) is 5.29. The molecule has 1 unspecified atom stereocenters. The van der Waals surface area contributed by atoms with Gasteiger partial charge >= 0.3 is 0 Å². The number of hydrogen-bond donors (Lipinski definition) is 1. The van der Waals surface area contributed by atoms with Crippen molar-refractivity contribution < 1.29 is 9.84 Å². The molecule has 6 heteroatoms. The molecule has 2 aromatic heterocycles. The fourth-order valence-corrected chi connectivity index (χ4v) is 2.85. The topological polar surface area (TPSA) is 46.8 Å². The number of rotatable bonds is 4. The number of hydrogen-bond acceptors (Lipinski definition) is 4. The van der Waals surface area contributed by atoms with Crippen molar-refractivity contribution in [2.75, 3.05) is 0 Å². The molecule has 1 atom stereocenters. The number of halogens is 1. The van der Waals surface area contributed by atoms with Gasteiger partial charge in [0.05, 0.1) is 16.8 Å². The van der Waals surface area contributed by atoms with Gasteiger partial charge in [-0.3, -0.25) is 4.40 Å². The first-order chi connectivity index (χ1) is 9.63. The van der Waals surface area contributed by atoms with Crippen LogP contribution >= 0.6 is 22.9 Å². The van der Waals surface area contributed by atoms with E-state index in [1.807, 2.05) is 22.2 Å². The average Bonchev–Trinajstić information content (AvgIpc) is 2.97. The molecule has 1 aromatic carbocycles. The van der Waals surface area contributed by atoms with E-state index in [0.29, 0.717) is 17.4 Å². The van der Waals surface area contributed by atoms with Crippen LogP contribution in [0.25, 0.3) is 4.96 Å². The van der Waals surface area contributed by atoms with Gasteiger partial charge in [-0.25, -0.2) is 4.98 Å². The summed E-state index contributed by atoms with van der Waals surface area (Å²) < 4.78 is 7.63. The summed E-state index contributed by atoms with van der Waals surface area (Å²) in [5, 5.41) is 12.0. The van der Waals surface area contributed by atoms with Crippen molar-refractivity contribution in [3.8, 4) is 5.75 Å². The number of ether oxygens (including phenoxy) is 1. The molecule has 0 spiro atoms. The lowest BCUT2D eigenvalue weighted by atomic mass is 10.1. The fourth-order valence-electron chi connectivity index (χ4n) is 1.89. The van der Waals surface area contributed by atoms with E-state index >= 15 is 0 Å². The van der Waals surface area contributed by atoms with E-state index in [-0.39, 0.29) is 0 Å². The summed E-state index contributed by atoms with van der Waals surface area (Å²) in [5.41, 5.74) is 1.62. The molecular weight excluding hydrogens is 296 g/mol. The Balaban J connectivity index is 1.73. The van der Waals surface area contributed by atoms with Crippen LogP contribution in [0.4, 0.5) is 0 Å². The van der Waals surface area contributed by atoms with Gasteiger partial charge in [0.15, 0.2) is 4.96 Å². The zero-order chi connectivity index (χ0) is 14.1. The first kappa shape index (κ1) is 13.4. The Bertz CT molecular complexity index is 707. The Kier molecular flexibility index (Phi) is 3.65. The van der Waals surface area contributed by atoms with Crippen LogP contribution in [0.2, 0.25) is 5.02 Å². The number of aliphatic hydroxyl groups excluding tert-OH is 1. The SMILES string of the molecule is CC(O)c1ccc(OCc2cn3ccsc3n2)c(Cl)c1. The maximum absolute atomic E-state index is 9.49. The molecule has 104 valence electrons. The summed E-state index contributed by atoms with van der Waals surface area (Å²) in [7, 11) is 0. The van der Waals surface area contributed by atoms with Gasteiger partial charge in [0.25, 0.3) is 0 Å². The molecule has 0 radical (unpaired) electrons. The maximum Gasteiger partial charge on any atom is 0.193 e. The monoisotopic (exact) mass is 308 g/mol. The highest BCUT2D eigenvalue weighted by Gasteiger charge is 2.08. The van der Waals surface area contributed by atoms with Gasteiger partial charge < -0.3 is 9.84 Å². The fraction of sp³-hybridized carbons (Fsp3) is 0.214. The second-order valence-electron chi connectivity index (χ2n) is 4.48. The van der Waals surface area contributed by atoms with Crippen LogP contribution in [0.3, 0.4) is 0 Å². The molecule has 20 heavy (non-hydrogen) atoms. The van der Waals surface area contributed by atoms with Crippen molar-refractivity contribution in [3.05, 3.63) is 52.3 Å². The van der Waals surface area contributed by atoms with Crippen molar-refractivity contribution >= 4 is 27.9 Å². The quantitative estimate of drug-likeness (QED) is 0.799. The van der Waals surface area contributed by atoms with E-state index < -0.39 is 6.10 Å². The standard InChI is InChI=1S/C14H13ClN2O2S/c1-9(18)10-2-3-13(12(15)6-10)19-8-11-7-17-4-5-20-14(17)16-11/h2-7,9,18H,8H2,1H3. The van der Waals surface area contributed by atoms with Crippen molar-refractivity contribution in [2.45, 2.75) is 19.6 Å². The number of imidazole rings is 1. The van der Waals surface area contributed by atoms with E-state index in [1.165, 1.54) is 0 Å². The highest BCUT2D eigenvalue weighted by Crippen LogP contribution is 2.28. The van der Waals surface area contributed by atoms with Gasteiger partial charge in [-0.05, 0) is 24.6 Å². The van der Waals surface area contributed by atoms with Gasteiger partial charge in [0, 0.05) is 17.8 Å². The van der Waals surface area contributed by atoms with E-state index in [2.05, 4.69) is 4.98 Å². The first-order valence-corrected chi connectivity index (χ1v) is 7.40. The second-order valence-corrected chi connectivity index (χ2v) is 5.76. The third-order valence-corrected chi connectivity index (χ3v) is 4.02. The van der Waals surface area contributed by atoms with Crippen molar-refractivity contribution in [1.82, 2.24) is 9.38 Å². The van der Waals surface area contributed by atoms with Crippen molar-refractivity contribution in [3.63, 3.8) is 0 Å². The largest absolute Gasteiger partial charge is 0.486 e. The molecule has 0 amide bonds. The molecule has 0 aliphatic heterocycles. The predicted molar refractivity (Wildman–Crippen MR) is 79.5 cm³/mol. The molecule has 4 nitrogen and oxygen atoms in total. The first-order valence-electron chi connectivity index (χ1n) is 6.15. The molecule has 0 aliphatic carbocycles. The van der Waals surface area contributed by atoms with Crippen LogP contribution < -0.4 is 4.74 Å². The minimum absolute atomic E-state index is 0.363. The van der Waals surface area contributed by atoms with Crippen LogP contribution in [0, 0.1) is 0 Å². The normalized spacial score (nSPS) is 12.8. The van der Waals surface area contributed by atoms with E-state index in [1.54, 1.807) is 36.5 Å². The van der Waals surface area contributed by atoms with Crippen LogP contribution in [-0.2, 0) is 6.61 Å². The summed E-state index contributed by atoms with van der Waals surface area (Å²) in [6.45, 7) is 2.06. The third-order valence-electron chi connectivity index (χ3n) is 2.96.